The molecular weight excluding hydrogens is 378 g/mol. The Morgan fingerprint density at radius 1 is 1.10 bits per heavy atom. The van der Waals surface area contributed by atoms with Crippen molar-refractivity contribution in [3.63, 3.8) is 0 Å². The van der Waals surface area contributed by atoms with E-state index in [1.54, 1.807) is 24.4 Å². The van der Waals surface area contributed by atoms with Gasteiger partial charge in [0.25, 0.3) is 0 Å². The minimum Gasteiger partial charge on any atom is -0.491 e. The molecule has 0 amide bonds. The lowest BCUT2D eigenvalue weighted by Gasteiger charge is -2.09. The second-order valence-electron chi connectivity index (χ2n) is 6.00. The van der Waals surface area contributed by atoms with E-state index >= 15 is 0 Å². The van der Waals surface area contributed by atoms with Crippen molar-refractivity contribution in [2.75, 3.05) is 13.2 Å². The molecule has 2 aromatic rings. The third-order valence-electron chi connectivity index (χ3n) is 3.21. The fourth-order valence-corrected chi connectivity index (χ4v) is 2.01. The molecule has 0 spiro atoms. The second kappa shape index (κ2) is 17.0. The Labute approximate surface area is 181 Å². The van der Waals surface area contributed by atoms with Gasteiger partial charge in [-0.3, -0.25) is 0 Å². The van der Waals surface area contributed by atoms with Crippen LogP contribution in [0.5, 0.6) is 17.2 Å². The van der Waals surface area contributed by atoms with Crippen LogP contribution in [0.4, 0.5) is 5.82 Å². The molecule has 1 heterocycles. The molecular formula is C24H37N3O3. The summed E-state index contributed by atoms with van der Waals surface area (Å²) in [4.78, 5) is 8.66. The molecule has 0 saturated heterocycles. The lowest BCUT2D eigenvalue weighted by molar-refractivity contribution is 0.201. The zero-order valence-electron chi connectivity index (χ0n) is 19.4. The highest BCUT2D eigenvalue weighted by atomic mass is 16.5. The first-order valence-electron chi connectivity index (χ1n) is 10.4. The van der Waals surface area contributed by atoms with Crippen molar-refractivity contribution in [3.05, 3.63) is 54.4 Å². The molecule has 1 aromatic carbocycles. The molecule has 166 valence electrons. The zero-order valence-corrected chi connectivity index (χ0v) is 19.4. The van der Waals surface area contributed by atoms with E-state index in [1.807, 2.05) is 58.9 Å². The van der Waals surface area contributed by atoms with Gasteiger partial charge in [0.05, 0.1) is 6.61 Å². The van der Waals surface area contributed by atoms with Crippen LogP contribution in [0.2, 0.25) is 0 Å². The normalized spacial score (nSPS) is 10.8. The minimum absolute atomic E-state index is 0.0309. The van der Waals surface area contributed by atoms with E-state index in [9.17, 15) is 0 Å². The van der Waals surface area contributed by atoms with Crippen LogP contribution in [-0.2, 0) is 0 Å². The molecule has 0 aliphatic carbocycles. The van der Waals surface area contributed by atoms with Gasteiger partial charge in [-0.2, -0.15) is 0 Å². The SMILES string of the molecule is C/C=C(/C)NC(C)=Nc1cc(Oc2cccc(OCCO)c2)ccn1.CC.CCC. The number of aliphatic hydroxyl groups is 1. The number of nitrogens with zero attached hydrogens (tertiary/aromatic N) is 2. The van der Waals surface area contributed by atoms with Crippen LogP contribution < -0.4 is 14.8 Å². The van der Waals surface area contributed by atoms with Crippen molar-refractivity contribution >= 4 is 11.7 Å². The van der Waals surface area contributed by atoms with Crippen molar-refractivity contribution in [3.8, 4) is 17.2 Å². The predicted octanol–water partition coefficient (Wildman–Crippen LogP) is 6.25. The molecule has 0 atom stereocenters. The van der Waals surface area contributed by atoms with Gasteiger partial charge in [-0.25, -0.2) is 9.98 Å². The number of pyridine rings is 1. The first kappa shape index (κ1) is 27.1. The number of hydrogen-bond acceptors (Lipinski definition) is 5. The molecule has 0 radical (unpaired) electrons. The molecule has 6 nitrogen and oxygen atoms in total. The lowest BCUT2D eigenvalue weighted by atomic mass is 10.3. The fraction of sp³-hybridized carbons (Fsp3) is 0.417. The molecule has 0 unspecified atom stereocenters. The molecule has 2 N–H and O–H groups in total. The number of amidine groups is 1. The number of aliphatic imine (C=N–C) groups is 1. The van der Waals surface area contributed by atoms with Gasteiger partial charge in [0, 0.05) is 24.0 Å². The summed E-state index contributed by atoms with van der Waals surface area (Å²) in [6.07, 6.45) is 4.87. The lowest BCUT2D eigenvalue weighted by Crippen LogP contribution is -2.17. The molecule has 0 bridgehead atoms. The van der Waals surface area contributed by atoms with Gasteiger partial charge in [0.15, 0.2) is 5.82 Å². The van der Waals surface area contributed by atoms with E-state index in [2.05, 4.69) is 29.1 Å². The summed E-state index contributed by atoms with van der Waals surface area (Å²) in [7, 11) is 0. The third kappa shape index (κ3) is 11.9. The van der Waals surface area contributed by atoms with E-state index in [0.717, 1.165) is 11.5 Å². The van der Waals surface area contributed by atoms with E-state index < -0.39 is 0 Å². The maximum atomic E-state index is 8.82. The van der Waals surface area contributed by atoms with E-state index in [-0.39, 0.29) is 13.2 Å². The Kier molecular flexibility index (Phi) is 15.4. The smallest absolute Gasteiger partial charge is 0.157 e. The number of benzene rings is 1. The van der Waals surface area contributed by atoms with Crippen molar-refractivity contribution in [2.45, 2.75) is 54.9 Å². The molecule has 6 heteroatoms. The molecule has 0 aliphatic rings. The number of aliphatic hydroxyl groups excluding tert-OH is 1. The Morgan fingerprint density at radius 3 is 2.37 bits per heavy atom. The van der Waals surface area contributed by atoms with Gasteiger partial charge in [-0.15, -0.1) is 0 Å². The molecule has 0 saturated carbocycles. The first-order chi connectivity index (χ1) is 14.5. The number of rotatable bonds is 7. The quantitative estimate of drug-likeness (QED) is 0.413. The number of ether oxygens (including phenoxy) is 2. The van der Waals surface area contributed by atoms with E-state index in [4.69, 9.17) is 14.6 Å². The average molecular weight is 416 g/mol. The monoisotopic (exact) mass is 415 g/mol. The van der Waals surface area contributed by atoms with Crippen LogP contribution in [-0.4, -0.2) is 29.1 Å². The highest BCUT2D eigenvalue weighted by Gasteiger charge is 2.02. The van der Waals surface area contributed by atoms with Crippen molar-refractivity contribution < 1.29 is 14.6 Å². The van der Waals surface area contributed by atoms with Crippen LogP contribution in [0.25, 0.3) is 0 Å². The molecule has 30 heavy (non-hydrogen) atoms. The van der Waals surface area contributed by atoms with Gasteiger partial charge in [-0.05, 0) is 39.0 Å². The van der Waals surface area contributed by atoms with Gasteiger partial charge >= 0.3 is 0 Å². The first-order valence-corrected chi connectivity index (χ1v) is 10.4. The number of nitrogens with one attached hydrogen (secondary N) is 1. The summed E-state index contributed by atoms with van der Waals surface area (Å²) in [5.41, 5.74) is 1.02. The van der Waals surface area contributed by atoms with Crippen LogP contribution in [0.1, 0.15) is 54.9 Å². The maximum Gasteiger partial charge on any atom is 0.157 e. The highest BCUT2D eigenvalue weighted by molar-refractivity contribution is 5.83. The summed E-state index contributed by atoms with van der Waals surface area (Å²) in [5, 5.41) is 12.0. The van der Waals surface area contributed by atoms with Crippen molar-refractivity contribution in [2.24, 2.45) is 4.99 Å². The van der Waals surface area contributed by atoms with Crippen LogP contribution in [0.15, 0.2) is 59.4 Å². The Bertz CT molecular complexity index is 774. The summed E-state index contributed by atoms with van der Waals surface area (Å²) in [5.74, 6) is 3.21. The number of allylic oxidation sites excluding steroid dienone is 2. The van der Waals surface area contributed by atoms with Crippen molar-refractivity contribution in [1.82, 2.24) is 10.3 Å². The van der Waals surface area contributed by atoms with Gasteiger partial charge in [0.1, 0.15) is 29.7 Å². The summed E-state index contributed by atoms with van der Waals surface area (Å²) in [6.45, 7) is 14.3. The predicted molar refractivity (Wildman–Crippen MR) is 126 cm³/mol. The maximum absolute atomic E-state index is 8.82. The fourth-order valence-electron chi connectivity index (χ4n) is 2.01. The Balaban J connectivity index is 0.00000154. The molecule has 0 fully saturated rings. The highest BCUT2D eigenvalue weighted by Crippen LogP contribution is 2.26. The largest absolute Gasteiger partial charge is 0.491 e. The second-order valence-corrected chi connectivity index (χ2v) is 6.00. The number of hydrogen-bond donors (Lipinski definition) is 2. The average Bonchev–Trinajstić information content (AvgIpc) is 2.74. The third-order valence-corrected chi connectivity index (χ3v) is 3.21. The Hall–Kier alpha value is -2.86. The summed E-state index contributed by atoms with van der Waals surface area (Å²) in [6, 6.07) is 10.8. The van der Waals surface area contributed by atoms with Crippen LogP contribution in [0.3, 0.4) is 0 Å². The standard InChI is InChI=1S/C19H23N3O3.C3H8.C2H6/c1-4-14(2)21-15(3)22-19-13-18(8-9-20-19)25-17-7-5-6-16(12-17)24-11-10-23;1-3-2;1-2/h4-9,12-13,23H,10-11H2,1-3H3,(H,20,21,22);3H2,1-2H3;1-2H3/b14-4-;;. The zero-order chi connectivity index (χ0) is 22.8. The topological polar surface area (TPSA) is 76.0 Å². The van der Waals surface area contributed by atoms with Crippen molar-refractivity contribution in [1.29, 1.82) is 0 Å². The minimum atomic E-state index is -0.0309. The van der Waals surface area contributed by atoms with Gasteiger partial charge in [0.2, 0.25) is 0 Å². The molecule has 2 rings (SSSR count). The molecule has 0 aliphatic heterocycles. The Morgan fingerprint density at radius 2 is 1.73 bits per heavy atom. The molecule has 1 aromatic heterocycles. The van der Waals surface area contributed by atoms with Gasteiger partial charge in [-0.1, -0.05) is 46.3 Å². The van der Waals surface area contributed by atoms with Crippen LogP contribution >= 0.6 is 0 Å². The van der Waals surface area contributed by atoms with E-state index in [1.165, 1.54) is 6.42 Å². The summed E-state index contributed by atoms with van der Waals surface area (Å²) < 4.78 is 11.2. The summed E-state index contributed by atoms with van der Waals surface area (Å²) >= 11 is 0. The van der Waals surface area contributed by atoms with Crippen LogP contribution in [0, 0.1) is 0 Å². The van der Waals surface area contributed by atoms with E-state index in [0.29, 0.717) is 23.1 Å². The number of aromatic nitrogens is 1. The van der Waals surface area contributed by atoms with Gasteiger partial charge < -0.3 is 19.9 Å².